The third-order valence-electron chi connectivity index (χ3n) is 4.07. The Kier molecular flexibility index (Phi) is 6.02. The first-order valence-corrected chi connectivity index (χ1v) is 7.77. The maximum absolute atomic E-state index is 6.35. The van der Waals surface area contributed by atoms with Crippen LogP contribution in [0.15, 0.2) is 24.3 Å². The van der Waals surface area contributed by atoms with Gasteiger partial charge in [0.2, 0.25) is 0 Å². The van der Waals surface area contributed by atoms with Crippen LogP contribution in [0.5, 0.6) is 0 Å². The summed E-state index contributed by atoms with van der Waals surface area (Å²) in [6.45, 7) is 6.55. The monoisotopic (exact) mass is 277 g/mol. The highest BCUT2D eigenvalue weighted by atomic mass is 16.5. The Morgan fingerprint density at radius 3 is 2.65 bits per heavy atom. The van der Waals surface area contributed by atoms with Gasteiger partial charge in [-0.05, 0) is 29.9 Å². The molecule has 2 rings (SSSR count). The quantitative estimate of drug-likeness (QED) is 0.777. The van der Waals surface area contributed by atoms with Crippen LogP contribution in [0, 0.1) is 0 Å². The Hall–Kier alpha value is -0.900. The normalized spacial score (nSPS) is 25.4. The van der Waals surface area contributed by atoms with E-state index < -0.39 is 0 Å². The maximum atomic E-state index is 6.35. The van der Waals surface area contributed by atoms with Gasteiger partial charge in [-0.1, -0.05) is 44.5 Å². The van der Waals surface area contributed by atoms with Crippen LogP contribution < -0.4 is 5.73 Å². The Labute approximate surface area is 122 Å². The molecule has 0 spiro atoms. The molecule has 20 heavy (non-hydrogen) atoms. The number of rotatable bonds is 7. The molecule has 1 aromatic rings. The molecule has 2 N–H and O–H groups in total. The second kappa shape index (κ2) is 7.77. The van der Waals surface area contributed by atoms with Crippen molar-refractivity contribution in [1.82, 2.24) is 0 Å². The summed E-state index contributed by atoms with van der Waals surface area (Å²) in [4.78, 5) is 0. The topological polar surface area (TPSA) is 44.5 Å². The van der Waals surface area contributed by atoms with Gasteiger partial charge in [-0.25, -0.2) is 0 Å². The number of hydrogen-bond acceptors (Lipinski definition) is 3. The third kappa shape index (κ3) is 3.81. The van der Waals surface area contributed by atoms with Crippen LogP contribution in [0.25, 0.3) is 0 Å². The van der Waals surface area contributed by atoms with Crippen molar-refractivity contribution in [3.05, 3.63) is 35.4 Å². The van der Waals surface area contributed by atoms with Gasteiger partial charge < -0.3 is 15.2 Å². The second-order valence-corrected chi connectivity index (χ2v) is 5.67. The smallest absolute Gasteiger partial charge is 0.0774 e. The van der Waals surface area contributed by atoms with Crippen molar-refractivity contribution in [3.63, 3.8) is 0 Å². The lowest BCUT2D eigenvalue weighted by atomic mass is 9.79. The highest BCUT2D eigenvalue weighted by molar-refractivity contribution is 5.35. The Morgan fingerprint density at radius 1 is 1.15 bits per heavy atom. The molecule has 0 saturated carbocycles. The molecule has 0 aromatic heterocycles. The predicted octanol–water partition coefficient (Wildman–Crippen LogP) is 3.40. The zero-order valence-corrected chi connectivity index (χ0v) is 12.7. The van der Waals surface area contributed by atoms with Crippen molar-refractivity contribution in [1.29, 1.82) is 0 Å². The van der Waals surface area contributed by atoms with E-state index in [1.807, 2.05) is 0 Å². The summed E-state index contributed by atoms with van der Waals surface area (Å²) >= 11 is 0. The molecule has 0 bridgehead atoms. The standard InChI is InChI=1S/C17H27NO2/c1-3-4-9-19-10-11-20-16-12-13(2)14-7-5-6-8-15(14)17(16)18/h5-8,13,16-17H,3-4,9-12,18H2,1-2H3. The summed E-state index contributed by atoms with van der Waals surface area (Å²) in [5.41, 5.74) is 8.96. The lowest BCUT2D eigenvalue weighted by Gasteiger charge is -2.34. The molecule has 1 aliphatic rings. The molecule has 1 aromatic carbocycles. The molecule has 112 valence electrons. The highest BCUT2D eigenvalue weighted by Gasteiger charge is 2.30. The molecule has 3 atom stereocenters. The van der Waals surface area contributed by atoms with E-state index in [0.29, 0.717) is 19.1 Å². The number of nitrogens with two attached hydrogens (primary N) is 1. The zero-order chi connectivity index (χ0) is 14.4. The average Bonchev–Trinajstić information content (AvgIpc) is 2.47. The van der Waals surface area contributed by atoms with Gasteiger partial charge in [-0.2, -0.15) is 0 Å². The summed E-state index contributed by atoms with van der Waals surface area (Å²) in [6.07, 6.45) is 3.39. The maximum Gasteiger partial charge on any atom is 0.0774 e. The van der Waals surface area contributed by atoms with Gasteiger partial charge in [-0.15, -0.1) is 0 Å². The third-order valence-corrected chi connectivity index (χ3v) is 4.07. The fraction of sp³-hybridized carbons (Fsp3) is 0.647. The fourth-order valence-corrected chi connectivity index (χ4v) is 2.86. The van der Waals surface area contributed by atoms with E-state index in [9.17, 15) is 0 Å². The van der Waals surface area contributed by atoms with E-state index in [1.54, 1.807) is 0 Å². The first-order chi connectivity index (χ1) is 9.74. The number of benzene rings is 1. The first kappa shape index (κ1) is 15.5. The molecule has 0 fully saturated rings. The van der Waals surface area contributed by atoms with Crippen LogP contribution in [0.3, 0.4) is 0 Å². The van der Waals surface area contributed by atoms with Gasteiger partial charge in [0.15, 0.2) is 0 Å². The average molecular weight is 277 g/mol. The zero-order valence-electron chi connectivity index (χ0n) is 12.7. The van der Waals surface area contributed by atoms with Gasteiger partial charge in [0.05, 0.1) is 25.4 Å². The SMILES string of the molecule is CCCCOCCOC1CC(C)c2ccccc2C1N. The van der Waals surface area contributed by atoms with Crippen LogP contribution in [-0.4, -0.2) is 25.9 Å². The van der Waals surface area contributed by atoms with E-state index in [1.165, 1.54) is 17.5 Å². The van der Waals surface area contributed by atoms with Crippen molar-refractivity contribution < 1.29 is 9.47 Å². The van der Waals surface area contributed by atoms with Crippen LogP contribution in [0.2, 0.25) is 0 Å². The molecule has 0 saturated heterocycles. The minimum absolute atomic E-state index is 0.0157. The minimum atomic E-state index is -0.0157. The number of hydrogen-bond donors (Lipinski definition) is 1. The molecule has 0 amide bonds. The Bertz CT molecular complexity index is 408. The van der Waals surface area contributed by atoms with Crippen LogP contribution >= 0.6 is 0 Å². The molecule has 0 heterocycles. The van der Waals surface area contributed by atoms with E-state index in [-0.39, 0.29) is 12.1 Å². The summed E-state index contributed by atoms with van der Waals surface area (Å²) in [5.74, 6) is 0.511. The van der Waals surface area contributed by atoms with Gasteiger partial charge in [0, 0.05) is 6.61 Å². The molecular formula is C17H27NO2. The lowest BCUT2D eigenvalue weighted by Crippen LogP contribution is -2.35. The van der Waals surface area contributed by atoms with Crippen LogP contribution in [0.4, 0.5) is 0 Å². The molecule has 3 unspecified atom stereocenters. The van der Waals surface area contributed by atoms with Gasteiger partial charge in [0.25, 0.3) is 0 Å². The number of unbranched alkanes of at least 4 members (excludes halogenated alkanes) is 1. The van der Waals surface area contributed by atoms with E-state index in [4.69, 9.17) is 15.2 Å². The predicted molar refractivity (Wildman–Crippen MR) is 81.9 cm³/mol. The Morgan fingerprint density at radius 2 is 1.90 bits per heavy atom. The highest BCUT2D eigenvalue weighted by Crippen LogP contribution is 2.37. The molecular weight excluding hydrogens is 250 g/mol. The summed E-state index contributed by atoms with van der Waals surface area (Å²) in [6, 6.07) is 8.44. The van der Waals surface area contributed by atoms with E-state index in [2.05, 4.69) is 38.1 Å². The van der Waals surface area contributed by atoms with Crippen molar-refractivity contribution in [2.24, 2.45) is 5.73 Å². The van der Waals surface area contributed by atoms with Crippen LogP contribution in [0.1, 0.15) is 56.2 Å². The number of fused-ring (bicyclic) bond motifs is 1. The van der Waals surface area contributed by atoms with Gasteiger partial charge >= 0.3 is 0 Å². The van der Waals surface area contributed by atoms with Crippen molar-refractivity contribution >= 4 is 0 Å². The minimum Gasteiger partial charge on any atom is -0.379 e. The fourth-order valence-electron chi connectivity index (χ4n) is 2.86. The van der Waals surface area contributed by atoms with Gasteiger partial charge in [0.1, 0.15) is 0 Å². The van der Waals surface area contributed by atoms with Crippen molar-refractivity contribution in [3.8, 4) is 0 Å². The van der Waals surface area contributed by atoms with Crippen molar-refractivity contribution in [2.75, 3.05) is 19.8 Å². The van der Waals surface area contributed by atoms with Crippen LogP contribution in [-0.2, 0) is 9.47 Å². The van der Waals surface area contributed by atoms with E-state index in [0.717, 1.165) is 19.4 Å². The second-order valence-electron chi connectivity index (χ2n) is 5.67. The van der Waals surface area contributed by atoms with Gasteiger partial charge in [-0.3, -0.25) is 0 Å². The summed E-state index contributed by atoms with van der Waals surface area (Å²) in [5, 5.41) is 0. The molecule has 3 heteroatoms. The number of ether oxygens (including phenoxy) is 2. The largest absolute Gasteiger partial charge is 0.379 e. The Balaban J connectivity index is 1.82. The first-order valence-electron chi connectivity index (χ1n) is 7.77. The van der Waals surface area contributed by atoms with Crippen molar-refractivity contribution in [2.45, 2.75) is 51.2 Å². The molecule has 3 nitrogen and oxygen atoms in total. The summed E-state index contributed by atoms with van der Waals surface area (Å²) in [7, 11) is 0. The van der Waals surface area contributed by atoms with E-state index >= 15 is 0 Å². The lowest BCUT2D eigenvalue weighted by molar-refractivity contribution is -0.0161. The molecule has 0 aliphatic heterocycles. The molecule has 0 radical (unpaired) electrons. The molecule has 1 aliphatic carbocycles. The summed E-state index contributed by atoms with van der Waals surface area (Å²) < 4.78 is 11.5.